The van der Waals surface area contributed by atoms with E-state index in [4.69, 9.17) is 0 Å². The lowest BCUT2D eigenvalue weighted by Gasteiger charge is -2.05. The fourth-order valence-electron chi connectivity index (χ4n) is 3.18. The smallest absolute Gasteiger partial charge is 0.269 e. The van der Waals surface area contributed by atoms with E-state index in [0.717, 1.165) is 27.6 Å². The molecule has 0 aliphatic carbocycles. The third-order valence-corrected chi connectivity index (χ3v) is 4.66. The summed E-state index contributed by atoms with van der Waals surface area (Å²) in [6.07, 6.45) is 5.35. The van der Waals surface area contributed by atoms with Gasteiger partial charge in [-0.1, -0.05) is 6.07 Å². The number of hydrogen-bond donors (Lipinski definition) is 1. The molecular formula is C21H13N5O2. The van der Waals surface area contributed by atoms with Crippen molar-refractivity contribution in [3.05, 3.63) is 83.3 Å². The number of nitrogens with zero attached hydrogens (tertiary/aromatic N) is 4. The second-order valence-electron chi connectivity index (χ2n) is 6.41. The maximum atomic E-state index is 10.8. The summed E-state index contributed by atoms with van der Waals surface area (Å²) >= 11 is 0. The normalized spacial score (nSPS) is 11.1. The van der Waals surface area contributed by atoms with Gasteiger partial charge in [0.1, 0.15) is 5.52 Å². The maximum Gasteiger partial charge on any atom is 0.269 e. The Morgan fingerprint density at radius 1 is 0.857 bits per heavy atom. The van der Waals surface area contributed by atoms with Crippen molar-refractivity contribution in [2.45, 2.75) is 0 Å². The lowest BCUT2D eigenvalue weighted by Crippen LogP contribution is -1.93. The lowest BCUT2D eigenvalue weighted by atomic mass is 10.1. The standard InChI is InChI=1S/C21H13N5O2/c27-26(28)17-4-1-13(2-5-17)20-12-23-19-10-16(11-24-21(19)25-20)14-3-6-18-15(9-14)7-8-22-18/h1-12,22H. The SMILES string of the molecule is O=[N+]([O-])c1ccc(-c2cnc3cc(-c4ccc5[nH]ccc5c4)cnc3n2)cc1. The minimum Gasteiger partial charge on any atom is -0.361 e. The van der Waals surface area contributed by atoms with Gasteiger partial charge in [0.2, 0.25) is 0 Å². The van der Waals surface area contributed by atoms with Crippen LogP contribution >= 0.6 is 0 Å². The zero-order chi connectivity index (χ0) is 19.1. The molecule has 0 saturated carbocycles. The van der Waals surface area contributed by atoms with E-state index in [1.54, 1.807) is 24.5 Å². The Kier molecular flexibility index (Phi) is 3.58. The van der Waals surface area contributed by atoms with E-state index >= 15 is 0 Å². The minimum absolute atomic E-state index is 0.0413. The van der Waals surface area contributed by atoms with Crippen LogP contribution in [-0.2, 0) is 0 Å². The average molecular weight is 367 g/mol. The van der Waals surface area contributed by atoms with Gasteiger partial charge in [0, 0.05) is 41.2 Å². The van der Waals surface area contributed by atoms with E-state index in [1.165, 1.54) is 12.1 Å². The number of aromatic amines is 1. The van der Waals surface area contributed by atoms with Crippen molar-refractivity contribution < 1.29 is 4.92 Å². The van der Waals surface area contributed by atoms with Gasteiger partial charge < -0.3 is 4.98 Å². The van der Waals surface area contributed by atoms with Gasteiger partial charge in [-0.3, -0.25) is 15.1 Å². The fourth-order valence-corrected chi connectivity index (χ4v) is 3.18. The van der Waals surface area contributed by atoms with Crippen LogP contribution in [0.2, 0.25) is 0 Å². The number of rotatable bonds is 3. The van der Waals surface area contributed by atoms with Gasteiger partial charge >= 0.3 is 0 Å². The monoisotopic (exact) mass is 367 g/mol. The van der Waals surface area contributed by atoms with Crippen LogP contribution in [0.3, 0.4) is 0 Å². The molecule has 0 spiro atoms. The number of aromatic nitrogens is 4. The van der Waals surface area contributed by atoms with Crippen LogP contribution in [0, 0.1) is 10.1 Å². The first-order chi connectivity index (χ1) is 13.7. The molecule has 0 aliphatic heterocycles. The molecule has 3 heterocycles. The second-order valence-corrected chi connectivity index (χ2v) is 6.41. The number of nitro groups is 1. The highest BCUT2D eigenvalue weighted by Crippen LogP contribution is 2.26. The first-order valence-corrected chi connectivity index (χ1v) is 8.62. The van der Waals surface area contributed by atoms with Gasteiger partial charge in [-0.05, 0) is 47.3 Å². The van der Waals surface area contributed by atoms with E-state index in [9.17, 15) is 10.1 Å². The highest BCUT2D eigenvalue weighted by molar-refractivity contribution is 5.86. The molecule has 3 aromatic heterocycles. The Hall–Kier alpha value is -4.13. The van der Waals surface area contributed by atoms with E-state index in [-0.39, 0.29) is 5.69 Å². The summed E-state index contributed by atoms with van der Waals surface area (Å²) in [6.45, 7) is 0. The number of fused-ring (bicyclic) bond motifs is 2. The van der Waals surface area contributed by atoms with Crippen LogP contribution in [-0.4, -0.2) is 24.9 Å². The summed E-state index contributed by atoms with van der Waals surface area (Å²) in [7, 11) is 0. The van der Waals surface area contributed by atoms with E-state index < -0.39 is 4.92 Å². The van der Waals surface area contributed by atoms with Gasteiger partial charge in [0.15, 0.2) is 5.65 Å². The molecule has 0 atom stereocenters. The number of benzene rings is 2. The van der Waals surface area contributed by atoms with Crippen LogP contribution in [0.1, 0.15) is 0 Å². The molecule has 0 amide bonds. The molecular weight excluding hydrogens is 354 g/mol. The summed E-state index contributed by atoms with van der Waals surface area (Å²) in [6, 6.07) is 16.4. The van der Waals surface area contributed by atoms with Crippen molar-refractivity contribution in [3.8, 4) is 22.4 Å². The zero-order valence-corrected chi connectivity index (χ0v) is 14.5. The fraction of sp³-hybridized carbons (Fsp3) is 0. The van der Waals surface area contributed by atoms with Crippen molar-refractivity contribution in [2.24, 2.45) is 0 Å². The van der Waals surface area contributed by atoms with Crippen LogP contribution < -0.4 is 0 Å². The molecule has 1 N–H and O–H groups in total. The molecule has 5 rings (SSSR count). The van der Waals surface area contributed by atoms with E-state index in [0.29, 0.717) is 16.9 Å². The number of H-pyrrole nitrogens is 1. The molecule has 0 aliphatic rings. The summed E-state index contributed by atoms with van der Waals surface area (Å²) in [5.41, 5.74) is 5.75. The number of nitrogens with one attached hydrogen (secondary N) is 1. The Morgan fingerprint density at radius 2 is 1.68 bits per heavy atom. The largest absolute Gasteiger partial charge is 0.361 e. The van der Waals surface area contributed by atoms with Gasteiger partial charge in [-0.25, -0.2) is 9.97 Å². The highest BCUT2D eigenvalue weighted by atomic mass is 16.6. The average Bonchev–Trinajstić information content (AvgIpc) is 3.21. The first kappa shape index (κ1) is 16.1. The molecule has 28 heavy (non-hydrogen) atoms. The van der Waals surface area contributed by atoms with Gasteiger partial charge in [-0.2, -0.15) is 0 Å². The zero-order valence-electron chi connectivity index (χ0n) is 14.5. The van der Waals surface area contributed by atoms with Crippen molar-refractivity contribution in [2.75, 3.05) is 0 Å². The third kappa shape index (κ3) is 2.75. The summed E-state index contributed by atoms with van der Waals surface area (Å²) in [5, 5.41) is 11.9. The van der Waals surface area contributed by atoms with Crippen LogP contribution in [0.4, 0.5) is 5.69 Å². The Balaban J connectivity index is 1.52. The number of non-ortho nitro benzene ring substituents is 1. The van der Waals surface area contributed by atoms with Gasteiger partial charge in [0.25, 0.3) is 5.69 Å². The lowest BCUT2D eigenvalue weighted by molar-refractivity contribution is -0.384. The van der Waals surface area contributed by atoms with Crippen LogP contribution in [0.15, 0.2) is 73.2 Å². The number of hydrogen-bond acceptors (Lipinski definition) is 5. The molecule has 134 valence electrons. The Morgan fingerprint density at radius 3 is 2.50 bits per heavy atom. The highest BCUT2D eigenvalue weighted by Gasteiger charge is 2.09. The predicted octanol–water partition coefficient (Wildman–Crippen LogP) is 4.75. The summed E-state index contributed by atoms with van der Waals surface area (Å²) in [5.74, 6) is 0. The third-order valence-electron chi connectivity index (χ3n) is 4.66. The number of nitro benzene ring substituents is 1. The van der Waals surface area contributed by atoms with Crippen molar-refractivity contribution in [3.63, 3.8) is 0 Å². The second kappa shape index (κ2) is 6.24. The van der Waals surface area contributed by atoms with Crippen molar-refractivity contribution in [1.82, 2.24) is 19.9 Å². The minimum atomic E-state index is -0.427. The van der Waals surface area contributed by atoms with E-state index in [2.05, 4.69) is 26.0 Å². The molecule has 0 unspecified atom stereocenters. The molecule has 0 bridgehead atoms. The molecule has 0 radical (unpaired) electrons. The van der Waals surface area contributed by atoms with Crippen LogP contribution in [0.5, 0.6) is 0 Å². The summed E-state index contributed by atoms with van der Waals surface area (Å²) in [4.78, 5) is 27.1. The molecule has 2 aromatic carbocycles. The van der Waals surface area contributed by atoms with Crippen LogP contribution in [0.25, 0.3) is 44.5 Å². The molecule has 7 heteroatoms. The van der Waals surface area contributed by atoms with Crippen molar-refractivity contribution >= 4 is 27.8 Å². The molecule has 0 fully saturated rings. The van der Waals surface area contributed by atoms with Gasteiger partial charge in [-0.15, -0.1) is 0 Å². The summed E-state index contributed by atoms with van der Waals surface area (Å²) < 4.78 is 0. The Labute approximate surface area is 158 Å². The topological polar surface area (TPSA) is 97.6 Å². The quantitative estimate of drug-likeness (QED) is 0.367. The predicted molar refractivity (Wildman–Crippen MR) is 107 cm³/mol. The maximum absolute atomic E-state index is 10.8. The van der Waals surface area contributed by atoms with Crippen molar-refractivity contribution in [1.29, 1.82) is 0 Å². The first-order valence-electron chi connectivity index (χ1n) is 8.62. The Bertz CT molecular complexity index is 1340. The molecule has 0 saturated heterocycles. The van der Waals surface area contributed by atoms with E-state index in [1.807, 2.05) is 30.5 Å². The number of pyridine rings is 1. The molecule has 7 nitrogen and oxygen atoms in total. The van der Waals surface area contributed by atoms with Gasteiger partial charge in [0.05, 0.1) is 16.8 Å². The molecule has 5 aromatic rings.